The SMILES string of the molecule is O=CC1=CC(=O)O[C@@H](CCc2ccccc2)C1. The first-order valence-corrected chi connectivity index (χ1v) is 5.68. The molecule has 0 radical (unpaired) electrons. The van der Waals surface area contributed by atoms with Crippen LogP contribution in [0.15, 0.2) is 42.0 Å². The summed E-state index contributed by atoms with van der Waals surface area (Å²) in [5, 5.41) is 0. The lowest BCUT2D eigenvalue weighted by atomic mass is 10.00. The Balaban J connectivity index is 1.91. The molecule has 0 N–H and O–H groups in total. The van der Waals surface area contributed by atoms with Crippen molar-refractivity contribution in [2.45, 2.75) is 25.4 Å². The van der Waals surface area contributed by atoms with E-state index in [4.69, 9.17) is 4.74 Å². The number of aldehydes is 1. The first kappa shape index (κ1) is 11.6. The molecule has 1 atom stereocenters. The lowest BCUT2D eigenvalue weighted by molar-refractivity contribution is -0.145. The summed E-state index contributed by atoms with van der Waals surface area (Å²) >= 11 is 0. The quantitative estimate of drug-likeness (QED) is 0.587. The maximum absolute atomic E-state index is 11.2. The Morgan fingerprint density at radius 2 is 2.06 bits per heavy atom. The number of hydrogen-bond acceptors (Lipinski definition) is 3. The van der Waals surface area contributed by atoms with Gasteiger partial charge >= 0.3 is 5.97 Å². The molecule has 0 aromatic heterocycles. The van der Waals surface area contributed by atoms with Crippen LogP contribution < -0.4 is 0 Å². The van der Waals surface area contributed by atoms with Gasteiger partial charge in [0.05, 0.1) is 0 Å². The van der Waals surface area contributed by atoms with Gasteiger partial charge < -0.3 is 4.74 Å². The van der Waals surface area contributed by atoms with Crippen molar-refractivity contribution >= 4 is 12.3 Å². The Labute approximate surface area is 100 Å². The average Bonchev–Trinajstić information content (AvgIpc) is 2.37. The number of hydrogen-bond donors (Lipinski definition) is 0. The van der Waals surface area contributed by atoms with Crippen molar-refractivity contribution in [3.05, 3.63) is 47.5 Å². The third-order valence-corrected chi connectivity index (χ3v) is 2.80. The molecule has 1 aliphatic heterocycles. The van der Waals surface area contributed by atoms with Crippen LogP contribution >= 0.6 is 0 Å². The van der Waals surface area contributed by atoms with Crippen molar-refractivity contribution in [2.75, 3.05) is 0 Å². The second kappa shape index (κ2) is 5.43. The summed E-state index contributed by atoms with van der Waals surface area (Å²) in [5.74, 6) is -0.406. The van der Waals surface area contributed by atoms with E-state index in [9.17, 15) is 9.59 Å². The van der Waals surface area contributed by atoms with Crippen molar-refractivity contribution < 1.29 is 14.3 Å². The molecule has 0 unspecified atom stereocenters. The Kier molecular flexibility index (Phi) is 3.70. The smallest absolute Gasteiger partial charge is 0.331 e. The molecule has 0 bridgehead atoms. The second-order valence-electron chi connectivity index (χ2n) is 4.12. The second-order valence-corrected chi connectivity index (χ2v) is 4.12. The van der Waals surface area contributed by atoms with Crippen LogP contribution in [0.4, 0.5) is 0 Å². The molecule has 1 aromatic rings. The van der Waals surface area contributed by atoms with Crippen molar-refractivity contribution in [2.24, 2.45) is 0 Å². The van der Waals surface area contributed by atoms with Crippen molar-refractivity contribution in [1.82, 2.24) is 0 Å². The highest BCUT2D eigenvalue weighted by Gasteiger charge is 2.20. The van der Waals surface area contributed by atoms with Crippen LogP contribution in [0.3, 0.4) is 0 Å². The van der Waals surface area contributed by atoms with Crippen molar-refractivity contribution in [3.8, 4) is 0 Å². The zero-order valence-electron chi connectivity index (χ0n) is 9.46. The van der Waals surface area contributed by atoms with Gasteiger partial charge in [0.2, 0.25) is 0 Å². The highest BCUT2D eigenvalue weighted by molar-refractivity contribution is 5.91. The summed E-state index contributed by atoms with van der Waals surface area (Å²) in [6.45, 7) is 0. The summed E-state index contributed by atoms with van der Waals surface area (Å²) < 4.78 is 5.17. The molecule has 88 valence electrons. The summed E-state index contributed by atoms with van der Waals surface area (Å²) in [5.41, 5.74) is 1.74. The third kappa shape index (κ3) is 3.28. The van der Waals surface area contributed by atoms with Gasteiger partial charge in [0.25, 0.3) is 0 Å². The molecule has 0 amide bonds. The predicted molar refractivity (Wildman–Crippen MR) is 63.4 cm³/mol. The van der Waals surface area contributed by atoms with Gasteiger partial charge in [-0.25, -0.2) is 4.79 Å². The third-order valence-electron chi connectivity index (χ3n) is 2.80. The topological polar surface area (TPSA) is 43.4 Å². The van der Waals surface area contributed by atoms with Gasteiger partial charge in [-0.3, -0.25) is 4.79 Å². The molecular formula is C14H14O3. The molecule has 0 fully saturated rings. The van der Waals surface area contributed by atoms with Crippen LogP contribution in [0.25, 0.3) is 0 Å². The Morgan fingerprint density at radius 3 is 2.76 bits per heavy atom. The molecule has 0 saturated carbocycles. The lowest BCUT2D eigenvalue weighted by Gasteiger charge is -2.20. The van der Waals surface area contributed by atoms with Gasteiger partial charge in [-0.2, -0.15) is 0 Å². The molecular weight excluding hydrogens is 216 g/mol. The molecule has 1 heterocycles. The van der Waals surface area contributed by atoms with E-state index in [1.165, 1.54) is 11.6 Å². The van der Waals surface area contributed by atoms with Crippen LogP contribution in [-0.4, -0.2) is 18.4 Å². The van der Waals surface area contributed by atoms with Gasteiger partial charge in [-0.1, -0.05) is 30.3 Å². The van der Waals surface area contributed by atoms with E-state index in [0.717, 1.165) is 19.1 Å². The molecule has 17 heavy (non-hydrogen) atoms. The average molecular weight is 230 g/mol. The first-order valence-electron chi connectivity index (χ1n) is 5.68. The van der Waals surface area contributed by atoms with E-state index in [2.05, 4.69) is 0 Å². The minimum Gasteiger partial charge on any atom is -0.459 e. The molecule has 1 aromatic carbocycles. The van der Waals surface area contributed by atoms with Crippen molar-refractivity contribution in [3.63, 3.8) is 0 Å². The number of aryl methyl sites for hydroxylation is 1. The summed E-state index contributed by atoms with van der Waals surface area (Å²) in [7, 11) is 0. The highest BCUT2D eigenvalue weighted by atomic mass is 16.5. The van der Waals surface area contributed by atoms with Crippen molar-refractivity contribution in [1.29, 1.82) is 0 Å². The number of esters is 1. The van der Waals surface area contributed by atoms with Gasteiger partial charge in [0.15, 0.2) is 0 Å². The van der Waals surface area contributed by atoms with Crippen LogP contribution in [-0.2, 0) is 20.7 Å². The zero-order chi connectivity index (χ0) is 12.1. The number of cyclic esters (lactones) is 1. The number of carbonyl (C=O) groups is 2. The summed E-state index contributed by atoms with van der Waals surface area (Å²) in [6, 6.07) is 10.0. The largest absolute Gasteiger partial charge is 0.459 e. The van der Waals surface area contributed by atoms with Gasteiger partial charge in [-0.05, 0) is 18.4 Å². The first-order chi connectivity index (χ1) is 8.28. The van der Waals surface area contributed by atoms with Gasteiger partial charge in [0.1, 0.15) is 12.4 Å². The fourth-order valence-electron chi connectivity index (χ4n) is 1.93. The van der Waals surface area contributed by atoms with Gasteiger partial charge in [-0.15, -0.1) is 0 Å². The molecule has 2 rings (SSSR count). The molecule has 0 saturated heterocycles. The number of benzene rings is 1. The Bertz CT molecular complexity index is 434. The highest BCUT2D eigenvalue weighted by Crippen LogP contribution is 2.18. The number of carbonyl (C=O) groups excluding carboxylic acids is 2. The van der Waals surface area contributed by atoms with E-state index in [0.29, 0.717) is 12.0 Å². The van der Waals surface area contributed by atoms with E-state index >= 15 is 0 Å². The molecule has 0 aliphatic carbocycles. The van der Waals surface area contributed by atoms with E-state index < -0.39 is 5.97 Å². The molecule has 0 spiro atoms. The van der Waals surface area contributed by atoms with Crippen LogP contribution in [0.1, 0.15) is 18.4 Å². The van der Waals surface area contributed by atoms with E-state index in [-0.39, 0.29) is 6.10 Å². The summed E-state index contributed by atoms with van der Waals surface area (Å²) in [6.07, 6.45) is 3.96. The fraction of sp³-hybridized carbons (Fsp3) is 0.286. The van der Waals surface area contributed by atoms with E-state index in [1.807, 2.05) is 30.3 Å². The predicted octanol–water partition coefficient (Wildman–Crippen LogP) is 2.06. The standard InChI is InChI=1S/C14H14O3/c15-10-12-8-13(17-14(16)9-12)7-6-11-4-2-1-3-5-11/h1-5,9-10,13H,6-8H2/t13-/m0/s1. The molecule has 3 heteroatoms. The molecule has 1 aliphatic rings. The minimum absolute atomic E-state index is 0.173. The number of rotatable bonds is 4. The van der Waals surface area contributed by atoms with Crippen LogP contribution in [0.2, 0.25) is 0 Å². The normalized spacial score (nSPS) is 19.4. The monoisotopic (exact) mass is 230 g/mol. The molecule has 3 nitrogen and oxygen atoms in total. The number of ether oxygens (including phenoxy) is 1. The lowest BCUT2D eigenvalue weighted by Crippen LogP contribution is -2.23. The van der Waals surface area contributed by atoms with Crippen LogP contribution in [0, 0.1) is 0 Å². The maximum atomic E-state index is 11.2. The zero-order valence-corrected chi connectivity index (χ0v) is 9.46. The van der Waals surface area contributed by atoms with E-state index in [1.54, 1.807) is 0 Å². The Morgan fingerprint density at radius 1 is 1.29 bits per heavy atom. The summed E-state index contributed by atoms with van der Waals surface area (Å²) in [4.78, 5) is 21.8. The fourth-order valence-corrected chi connectivity index (χ4v) is 1.93. The van der Waals surface area contributed by atoms with Gasteiger partial charge in [0, 0.05) is 18.1 Å². The Hall–Kier alpha value is -1.90. The maximum Gasteiger partial charge on any atom is 0.331 e. The minimum atomic E-state index is -0.406. The van der Waals surface area contributed by atoms with Crippen LogP contribution in [0.5, 0.6) is 0 Å².